The molecule has 1 aliphatic rings. The Hall–Kier alpha value is -1.86. The molecule has 3 heterocycles. The van der Waals surface area contributed by atoms with Crippen molar-refractivity contribution in [3.8, 4) is 0 Å². The molecule has 0 radical (unpaired) electrons. The largest absolute Gasteiger partial charge is 0.403 e. The van der Waals surface area contributed by atoms with Crippen LogP contribution >= 0.6 is 7.75 Å². The van der Waals surface area contributed by atoms with E-state index in [9.17, 15) is 24.5 Å². The predicted octanol–water partition coefficient (Wildman–Crippen LogP) is -1.95. The minimum Gasteiger partial charge on any atom is -0.387 e. The zero-order valence-corrected chi connectivity index (χ0v) is 14.5. The molecule has 5 atom stereocenters. The van der Waals surface area contributed by atoms with Crippen LogP contribution in [-0.2, 0) is 13.8 Å². The molecule has 7 N–H and O–H groups in total. The van der Waals surface area contributed by atoms with Gasteiger partial charge in [-0.2, -0.15) is 4.98 Å². The fraction of sp³-hybridized carbons (Fsp3) is 0.583. The summed E-state index contributed by atoms with van der Waals surface area (Å²) in [4.78, 5) is 31.5. The number of aromatic amines is 1. The molecule has 1 fully saturated rings. The lowest BCUT2D eigenvalue weighted by Crippen LogP contribution is -2.34. The lowest BCUT2D eigenvalue weighted by atomic mass is 10.1. The fourth-order valence-electron chi connectivity index (χ4n) is 2.65. The minimum atomic E-state index is -4.04. The summed E-state index contributed by atoms with van der Waals surface area (Å²) < 4.78 is 23.3. The third kappa shape index (κ3) is 3.50. The van der Waals surface area contributed by atoms with Crippen LogP contribution in [0, 0.1) is 0 Å². The zero-order chi connectivity index (χ0) is 19.1. The first-order valence-corrected chi connectivity index (χ1v) is 9.27. The van der Waals surface area contributed by atoms with Gasteiger partial charge in [-0.15, -0.1) is 0 Å². The van der Waals surface area contributed by atoms with Crippen LogP contribution in [0.3, 0.4) is 0 Å². The summed E-state index contributed by atoms with van der Waals surface area (Å²) in [5.74, 6) is -0.149. The van der Waals surface area contributed by atoms with Gasteiger partial charge in [0.15, 0.2) is 17.4 Å². The van der Waals surface area contributed by atoms with Crippen LogP contribution in [0.5, 0.6) is 0 Å². The van der Waals surface area contributed by atoms with Gasteiger partial charge in [-0.3, -0.25) is 18.9 Å². The number of hydrogen-bond acceptors (Lipinski definition) is 9. The molecule has 0 aromatic carbocycles. The molecule has 0 bridgehead atoms. The number of aromatic nitrogens is 4. The Bertz CT molecular complexity index is 900. The molecular weight excluding hydrogens is 371 g/mol. The summed E-state index contributed by atoms with van der Waals surface area (Å²) in [5, 5.41) is 22.7. The van der Waals surface area contributed by atoms with Crippen molar-refractivity contribution in [2.75, 3.05) is 18.9 Å². The zero-order valence-electron chi connectivity index (χ0n) is 13.6. The monoisotopic (exact) mass is 390 g/mol. The Kier molecular flexibility index (Phi) is 5.12. The number of imidazole rings is 1. The SMILES string of the molecule is CCNP(=O)(O)OC[C@H]1O[C@@H](n2cnc3c(=O)[nH]c(N)nc32)[C@H](O)[C@@H]1O. The number of H-pyrrole nitrogens is 1. The number of rotatable bonds is 6. The van der Waals surface area contributed by atoms with Gasteiger partial charge in [-0.25, -0.2) is 14.6 Å². The van der Waals surface area contributed by atoms with Gasteiger partial charge in [0.05, 0.1) is 12.9 Å². The van der Waals surface area contributed by atoms with Gasteiger partial charge < -0.3 is 25.6 Å². The predicted molar refractivity (Wildman–Crippen MR) is 87.9 cm³/mol. The van der Waals surface area contributed by atoms with Crippen molar-refractivity contribution in [2.24, 2.45) is 0 Å². The van der Waals surface area contributed by atoms with Crippen LogP contribution in [-0.4, -0.2) is 66.1 Å². The number of anilines is 1. The summed E-state index contributed by atoms with van der Waals surface area (Å²) in [6, 6.07) is 0. The van der Waals surface area contributed by atoms with Crippen LogP contribution in [0.25, 0.3) is 11.2 Å². The van der Waals surface area contributed by atoms with Gasteiger partial charge >= 0.3 is 7.75 Å². The van der Waals surface area contributed by atoms with Crippen molar-refractivity contribution < 1.29 is 28.9 Å². The molecule has 2 aromatic heterocycles. The van der Waals surface area contributed by atoms with E-state index >= 15 is 0 Å². The molecule has 1 saturated heterocycles. The molecule has 0 aliphatic carbocycles. The Labute approximate surface area is 146 Å². The maximum Gasteiger partial charge on any atom is 0.403 e. The van der Waals surface area contributed by atoms with E-state index in [1.165, 1.54) is 10.9 Å². The van der Waals surface area contributed by atoms with Crippen LogP contribution in [0.15, 0.2) is 11.1 Å². The minimum absolute atomic E-state index is 0.0174. The van der Waals surface area contributed by atoms with Crippen molar-refractivity contribution >= 4 is 24.9 Å². The Balaban J connectivity index is 1.82. The van der Waals surface area contributed by atoms with Crippen LogP contribution in [0.1, 0.15) is 13.2 Å². The summed E-state index contributed by atoms with van der Waals surface area (Å²) in [7, 11) is -4.04. The first-order chi connectivity index (χ1) is 12.2. The van der Waals surface area contributed by atoms with Gasteiger partial charge in [0, 0.05) is 6.54 Å². The highest BCUT2D eigenvalue weighted by Crippen LogP contribution is 2.39. The smallest absolute Gasteiger partial charge is 0.387 e. The Morgan fingerprint density at radius 1 is 1.50 bits per heavy atom. The maximum absolute atomic E-state index is 11.8. The van der Waals surface area contributed by atoms with Crippen molar-refractivity contribution in [2.45, 2.75) is 31.5 Å². The van der Waals surface area contributed by atoms with Crippen molar-refractivity contribution in [3.05, 3.63) is 16.7 Å². The molecule has 0 saturated carbocycles. The van der Waals surface area contributed by atoms with Gasteiger partial charge in [-0.05, 0) is 0 Å². The molecule has 14 heteroatoms. The molecule has 1 unspecified atom stereocenters. The lowest BCUT2D eigenvalue weighted by molar-refractivity contribution is -0.0487. The summed E-state index contributed by atoms with van der Waals surface area (Å²) in [6.45, 7) is 1.38. The second-order valence-electron chi connectivity index (χ2n) is 5.65. The molecule has 0 amide bonds. The second-order valence-corrected chi connectivity index (χ2v) is 7.26. The molecule has 144 valence electrons. The highest BCUT2D eigenvalue weighted by molar-refractivity contribution is 7.50. The first kappa shape index (κ1) is 18.9. The number of fused-ring (bicyclic) bond motifs is 1. The fourth-order valence-corrected chi connectivity index (χ4v) is 3.49. The topological polar surface area (TPSA) is 198 Å². The van der Waals surface area contributed by atoms with Crippen LogP contribution in [0.2, 0.25) is 0 Å². The summed E-state index contributed by atoms with van der Waals surface area (Å²) in [6.07, 6.45) is -3.84. The van der Waals surface area contributed by atoms with Crippen molar-refractivity contribution in [1.82, 2.24) is 24.6 Å². The molecule has 1 aliphatic heterocycles. The van der Waals surface area contributed by atoms with E-state index in [0.717, 1.165) is 0 Å². The highest BCUT2D eigenvalue weighted by Gasteiger charge is 2.45. The molecular formula is C12H19N6O7P. The Morgan fingerprint density at radius 2 is 2.23 bits per heavy atom. The van der Waals surface area contributed by atoms with Crippen LogP contribution in [0.4, 0.5) is 5.95 Å². The highest BCUT2D eigenvalue weighted by atomic mass is 31.2. The van der Waals surface area contributed by atoms with E-state index in [4.69, 9.17) is 15.0 Å². The van der Waals surface area contributed by atoms with E-state index in [1.54, 1.807) is 6.92 Å². The van der Waals surface area contributed by atoms with Gasteiger partial charge in [-0.1, -0.05) is 6.92 Å². The third-order valence-electron chi connectivity index (χ3n) is 3.83. The molecule has 3 rings (SSSR count). The number of nitrogen functional groups attached to an aromatic ring is 1. The van der Waals surface area contributed by atoms with Gasteiger partial charge in [0.2, 0.25) is 5.95 Å². The number of nitrogens with two attached hydrogens (primary N) is 1. The standard InChI is InChI=1S/C12H19N6O7P/c1-2-15-26(22,23)24-3-5-7(19)8(20)11(25-5)18-4-14-6-9(18)16-12(13)17-10(6)21/h4-5,7-8,11,19-20H,2-3H2,1H3,(H2,15,22,23)(H3,13,16,17,21)/t5-,7-,8-,11-/m1/s1. The Morgan fingerprint density at radius 3 is 2.92 bits per heavy atom. The summed E-state index contributed by atoms with van der Waals surface area (Å²) in [5.41, 5.74) is 5.00. The number of aliphatic hydroxyl groups is 2. The van der Waals surface area contributed by atoms with E-state index in [1.807, 2.05) is 0 Å². The number of nitrogens with zero attached hydrogens (tertiary/aromatic N) is 3. The van der Waals surface area contributed by atoms with E-state index in [-0.39, 0.29) is 23.7 Å². The molecule has 13 nitrogen and oxygen atoms in total. The third-order valence-corrected chi connectivity index (χ3v) is 5.05. The number of ether oxygens (including phenoxy) is 1. The second kappa shape index (κ2) is 7.04. The number of aliphatic hydroxyl groups excluding tert-OH is 2. The normalized spacial score (nSPS) is 28.5. The van der Waals surface area contributed by atoms with Crippen LogP contribution < -0.4 is 16.4 Å². The lowest BCUT2D eigenvalue weighted by Gasteiger charge is -2.17. The average molecular weight is 390 g/mol. The average Bonchev–Trinajstić information content (AvgIpc) is 3.08. The van der Waals surface area contributed by atoms with E-state index in [2.05, 4.69) is 20.0 Å². The van der Waals surface area contributed by atoms with Crippen molar-refractivity contribution in [1.29, 1.82) is 0 Å². The maximum atomic E-state index is 11.8. The molecule has 2 aromatic rings. The molecule has 26 heavy (non-hydrogen) atoms. The van der Waals surface area contributed by atoms with Gasteiger partial charge in [0.1, 0.15) is 18.3 Å². The van der Waals surface area contributed by atoms with Gasteiger partial charge in [0.25, 0.3) is 5.56 Å². The van der Waals surface area contributed by atoms with E-state index in [0.29, 0.717) is 0 Å². The number of hydrogen-bond donors (Lipinski definition) is 6. The first-order valence-electron chi connectivity index (χ1n) is 7.70. The molecule has 0 spiro atoms. The summed E-state index contributed by atoms with van der Waals surface area (Å²) >= 11 is 0. The van der Waals surface area contributed by atoms with E-state index < -0.39 is 44.5 Å². The number of nitrogens with one attached hydrogen (secondary N) is 2. The quantitative estimate of drug-likeness (QED) is 0.300. The van der Waals surface area contributed by atoms with Crippen molar-refractivity contribution in [3.63, 3.8) is 0 Å².